The molecule has 1 aliphatic rings. The van der Waals surface area contributed by atoms with E-state index in [-0.39, 0.29) is 17.8 Å². The number of carboxylic acids is 1. The maximum absolute atomic E-state index is 14.0. The molecule has 0 unspecified atom stereocenters. The maximum atomic E-state index is 14.0. The van der Waals surface area contributed by atoms with E-state index in [4.69, 9.17) is 9.84 Å². The number of Topliss-reactive ketones (excluding diaryl/α,β-unsaturated/α-hetero) is 1. The number of hydrogen-bond donors (Lipinski definition) is 1. The highest BCUT2D eigenvalue weighted by Gasteiger charge is 2.30. The Kier molecular flexibility index (Phi) is 5.31. The molecule has 2 aromatic carbocycles. The number of aromatic carboxylic acids is 1. The zero-order valence-corrected chi connectivity index (χ0v) is 16.3. The number of nitrogens with zero attached hydrogens (tertiary/aromatic N) is 3. The minimum atomic E-state index is -1.34. The average Bonchev–Trinajstić information content (AvgIpc) is 3.48. The number of aromatic nitrogens is 3. The SMILES string of the molecule is CC[C@H](Oc1ccc(C(=O)C2CC2)cc1)c1cnn(-c2ccc(C(=O)O)c(F)c2)n1. The molecule has 0 aliphatic heterocycles. The first-order valence-electron chi connectivity index (χ1n) is 9.72. The lowest BCUT2D eigenvalue weighted by molar-refractivity contribution is 0.0691. The largest absolute Gasteiger partial charge is 0.484 e. The van der Waals surface area contributed by atoms with E-state index in [1.165, 1.54) is 23.1 Å². The van der Waals surface area contributed by atoms with E-state index in [1.807, 2.05) is 6.92 Å². The van der Waals surface area contributed by atoms with Crippen molar-refractivity contribution >= 4 is 11.8 Å². The summed E-state index contributed by atoms with van der Waals surface area (Å²) in [7, 11) is 0. The zero-order chi connectivity index (χ0) is 21.3. The van der Waals surface area contributed by atoms with Crippen LogP contribution in [0.4, 0.5) is 4.39 Å². The molecule has 8 heteroatoms. The van der Waals surface area contributed by atoms with Crippen LogP contribution in [0.3, 0.4) is 0 Å². The maximum Gasteiger partial charge on any atom is 0.338 e. The Morgan fingerprint density at radius 2 is 1.97 bits per heavy atom. The third kappa shape index (κ3) is 4.07. The number of ketones is 1. The monoisotopic (exact) mass is 409 g/mol. The van der Waals surface area contributed by atoms with Crippen molar-refractivity contribution in [1.29, 1.82) is 0 Å². The second kappa shape index (κ2) is 8.06. The van der Waals surface area contributed by atoms with Crippen LogP contribution < -0.4 is 4.74 Å². The summed E-state index contributed by atoms with van der Waals surface area (Å²) in [5.41, 5.74) is 1.14. The number of rotatable bonds is 8. The van der Waals surface area contributed by atoms with Gasteiger partial charge in [0.2, 0.25) is 0 Å². The van der Waals surface area contributed by atoms with Gasteiger partial charge in [-0.2, -0.15) is 9.90 Å². The van der Waals surface area contributed by atoms with Crippen LogP contribution in [-0.4, -0.2) is 31.9 Å². The molecular weight excluding hydrogens is 389 g/mol. The van der Waals surface area contributed by atoms with Crippen molar-refractivity contribution in [2.45, 2.75) is 32.3 Å². The molecule has 1 atom stereocenters. The van der Waals surface area contributed by atoms with Crippen LogP contribution >= 0.6 is 0 Å². The Labute approximate surface area is 172 Å². The minimum Gasteiger partial charge on any atom is -0.484 e. The van der Waals surface area contributed by atoms with Gasteiger partial charge in [0, 0.05) is 17.5 Å². The van der Waals surface area contributed by atoms with E-state index in [0.29, 0.717) is 29.1 Å². The molecule has 1 heterocycles. The molecule has 0 bridgehead atoms. The molecule has 1 aromatic heterocycles. The summed E-state index contributed by atoms with van der Waals surface area (Å²) in [5.74, 6) is -1.23. The van der Waals surface area contributed by atoms with Gasteiger partial charge in [-0.25, -0.2) is 9.18 Å². The molecule has 1 aliphatic carbocycles. The lowest BCUT2D eigenvalue weighted by Gasteiger charge is -2.15. The minimum absolute atomic E-state index is 0.171. The van der Waals surface area contributed by atoms with Crippen LogP contribution in [0.1, 0.15) is 58.7 Å². The molecule has 3 aromatic rings. The molecule has 30 heavy (non-hydrogen) atoms. The standard InChI is InChI=1S/C22H20FN3O4/c1-2-20(30-16-8-5-14(6-9-16)21(27)13-3-4-13)19-12-24-26(25-19)15-7-10-17(22(28)29)18(23)11-15/h5-13,20H,2-4H2,1H3,(H,28,29)/t20-/m0/s1. The number of carbonyl (C=O) groups excluding carboxylic acids is 1. The van der Waals surface area contributed by atoms with Gasteiger partial charge in [0.25, 0.3) is 0 Å². The number of halogens is 1. The van der Waals surface area contributed by atoms with Gasteiger partial charge in [0.1, 0.15) is 23.4 Å². The molecule has 154 valence electrons. The van der Waals surface area contributed by atoms with Crippen molar-refractivity contribution in [2.24, 2.45) is 5.92 Å². The predicted octanol–water partition coefficient (Wildman–Crippen LogP) is 4.23. The van der Waals surface area contributed by atoms with Gasteiger partial charge in [0.05, 0.1) is 17.4 Å². The number of carbonyl (C=O) groups is 2. The smallest absolute Gasteiger partial charge is 0.338 e. The summed E-state index contributed by atoms with van der Waals surface area (Å²) in [4.78, 5) is 24.3. The second-order valence-corrected chi connectivity index (χ2v) is 7.21. The van der Waals surface area contributed by atoms with Gasteiger partial charge in [-0.1, -0.05) is 6.92 Å². The van der Waals surface area contributed by atoms with E-state index >= 15 is 0 Å². The van der Waals surface area contributed by atoms with Crippen molar-refractivity contribution in [2.75, 3.05) is 0 Å². The van der Waals surface area contributed by atoms with Gasteiger partial charge >= 0.3 is 5.97 Å². The Hall–Kier alpha value is -3.55. The summed E-state index contributed by atoms with van der Waals surface area (Å²) < 4.78 is 20.0. The number of carboxylic acid groups (broad SMARTS) is 1. The highest BCUT2D eigenvalue weighted by atomic mass is 19.1. The van der Waals surface area contributed by atoms with Crippen LogP contribution in [0.25, 0.3) is 5.69 Å². The lowest BCUT2D eigenvalue weighted by atomic mass is 10.1. The van der Waals surface area contributed by atoms with Gasteiger partial charge in [-0.3, -0.25) is 4.79 Å². The van der Waals surface area contributed by atoms with E-state index in [2.05, 4.69) is 10.2 Å². The van der Waals surface area contributed by atoms with E-state index < -0.39 is 17.3 Å². The van der Waals surface area contributed by atoms with Crippen molar-refractivity contribution in [3.63, 3.8) is 0 Å². The average molecular weight is 409 g/mol. The topological polar surface area (TPSA) is 94.3 Å². The normalized spacial score (nSPS) is 14.3. The molecule has 0 saturated heterocycles. The van der Waals surface area contributed by atoms with Crippen LogP contribution in [0.5, 0.6) is 5.75 Å². The second-order valence-electron chi connectivity index (χ2n) is 7.21. The Bertz CT molecular complexity index is 1090. The van der Waals surface area contributed by atoms with Crippen LogP contribution in [-0.2, 0) is 0 Å². The Morgan fingerprint density at radius 3 is 2.57 bits per heavy atom. The van der Waals surface area contributed by atoms with Crippen molar-refractivity contribution in [3.8, 4) is 11.4 Å². The summed E-state index contributed by atoms with van der Waals surface area (Å²) in [6, 6.07) is 10.8. The molecule has 1 fully saturated rings. The Balaban J connectivity index is 1.49. The highest BCUT2D eigenvalue weighted by Crippen LogP contribution is 2.33. The van der Waals surface area contributed by atoms with Crippen LogP contribution in [0.15, 0.2) is 48.7 Å². The summed E-state index contributed by atoms with van der Waals surface area (Å²) in [6.45, 7) is 1.94. The van der Waals surface area contributed by atoms with E-state index in [1.54, 1.807) is 24.3 Å². The molecule has 0 amide bonds. The molecule has 0 radical (unpaired) electrons. The Morgan fingerprint density at radius 1 is 1.23 bits per heavy atom. The summed E-state index contributed by atoms with van der Waals surface area (Å²) in [6.07, 6.45) is 3.70. The predicted molar refractivity (Wildman–Crippen MR) is 105 cm³/mol. The lowest BCUT2D eigenvalue weighted by Crippen LogP contribution is -2.09. The number of hydrogen-bond acceptors (Lipinski definition) is 5. The van der Waals surface area contributed by atoms with E-state index in [0.717, 1.165) is 18.9 Å². The fraction of sp³-hybridized carbons (Fsp3) is 0.273. The third-order valence-electron chi connectivity index (χ3n) is 4.99. The van der Waals surface area contributed by atoms with Crippen molar-refractivity contribution in [1.82, 2.24) is 15.0 Å². The molecule has 7 nitrogen and oxygen atoms in total. The molecular formula is C22H20FN3O4. The highest BCUT2D eigenvalue weighted by molar-refractivity contribution is 5.99. The first kappa shape index (κ1) is 19.8. The van der Waals surface area contributed by atoms with Gasteiger partial charge in [-0.05, 0) is 55.7 Å². The summed E-state index contributed by atoms with van der Waals surface area (Å²) in [5, 5.41) is 17.4. The molecule has 1 saturated carbocycles. The first-order chi connectivity index (χ1) is 14.5. The molecule has 1 N–H and O–H groups in total. The quantitative estimate of drug-likeness (QED) is 0.560. The van der Waals surface area contributed by atoms with Crippen molar-refractivity contribution < 1.29 is 23.8 Å². The van der Waals surface area contributed by atoms with Crippen LogP contribution in [0, 0.1) is 11.7 Å². The van der Waals surface area contributed by atoms with E-state index in [9.17, 15) is 14.0 Å². The third-order valence-corrected chi connectivity index (χ3v) is 4.99. The van der Waals surface area contributed by atoms with Gasteiger partial charge < -0.3 is 9.84 Å². The van der Waals surface area contributed by atoms with Crippen molar-refractivity contribution in [3.05, 3.63) is 71.3 Å². The number of benzene rings is 2. The fourth-order valence-electron chi connectivity index (χ4n) is 3.14. The molecule has 0 spiro atoms. The zero-order valence-electron chi connectivity index (χ0n) is 16.3. The number of ether oxygens (including phenoxy) is 1. The van der Waals surface area contributed by atoms with Crippen LogP contribution in [0.2, 0.25) is 0 Å². The van der Waals surface area contributed by atoms with Gasteiger partial charge in [0.15, 0.2) is 5.78 Å². The first-order valence-corrected chi connectivity index (χ1v) is 9.72. The van der Waals surface area contributed by atoms with Gasteiger partial charge in [-0.15, -0.1) is 5.10 Å². The fourth-order valence-corrected chi connectivity index (χ4v) is 3.14. The summed E-state index contributed by atoms with van der Waals surface area (Å²) >= 11 is 0. The molecule has 4 rings (SSSR count).